The average Bonchev–Trinajstić information content (AvgIpc) is 3.75. The van der Waals surface area contributed by atoms with Crippen molar-refractivity contribution in [1.82, 2.24) is 0 Å². The summed E-state index contributed by atoms with van der Waals surface area (Å²) < 4.78 is 10.8. The highest BCUT2D eigenvalue weighted by Gasteiger charge is 2.16. The lowest BCUT2D eigenvalue weighted by atomic mass is 10.0. The number of aliphatic hydroxyl groups is 1. The summed E-state index contributed by atoms with van der Waals surface area (Å²) in [6.07, 6.45) is 119. The van der Waals surface area contributed by atoms with Crippen molar-refractivity contribution in [2.45, 2.75) is 418 Å². The summed E-state index contributed by atoms with van der Waals surface area (Å²) in [6, 6.07) is 0. The molecule has 0 heterocycles. The molecule has 5 nitrogen and oxygen atoms in total. The maximum Gasteiger partial charge on any atom is 0.306 e. The molecule has 532 valence electrons. The summed E-state index contributed by atoms with van der Waals surface area (Å²) in [6.45, 7) is 3.96. The molecule has 0 aromatic heterocycles. The Labute approximate surface area is 573 Å². The van der Waals surface area contributed by atoms with E-state index in [0.717, 1.165) is 96.3 Å². The monoisotopic (exact) mass is 1280 g/mol. The van der Waals surface area contributed by atoms with E-state index < -0.39 is 6.10 Å². The van der Waals surface area contributed by atoms with Crippen molar-refractivity contribution in [3.8, 4) is 0 Å². The Morgan fingerprint density at radius 2 is 0.435 bits per heavy atom. The molecular formula is C87H154O5. The minimum Gasteiger partial charge on any atom is -0.462 e. The number of carbonyl (C=O) groups excluding carboxylic acids is 2. The minimum absolute atomic E-state index is 0.0619. The Hall–Kier alpha value is -3.44. The summed E-state index contributed by atoms with van der Waals surface area (Å²) in [7, 11) is 0. The van der Waals surface area contributed by atoms with E-state index in [4.69, 9.17) is 9.47 Å². The molecule has 1 N–H and O–H groups in total. The largest absolute Gasteiger partial charge is 0.462 e. The maximum atomic E-state index is 12.4. The Kier molecular flexibility index (Phi) is 78.7. The molecule has 0 saturated carbocycles. The van der Waals surface area contributed by atoms with Gasteiger partial charge in [-0.3, -0.25) is 9.59 Å². The van der Waals surface area contributed by atoms with E-state index in [2.05, 4.69) is 123 Å². The fourth-order valence-electron chi connectivity index (χ4n) is 12.1. The van der Waals surface area contributed by atoms with Gasteiger partial charge in [0.2, 0.25) is 0 Å². The second-order valence-electron chi connectivity index (χ2n) is 27.1. The molecule has 92 heavy (non-hydrogen) atoms. The van der Waals surface area contributed by atoms with Crippen molar-refractivity contribution >= 4 is 11.9 Å². The molecule has 0 aromatic carbocycles. The van der Waals surface area contributed by atoms with Crippen molar-refractivity contribution < 1.29 is 24.2 Å². The van der Waals surface area contributed by atoms with Crippen molar-refractivity contribution in [3.05, 3.63) is 109 Å². The van der Waals surface area contributed by atoms with Crippen molar-refractivity contribution in [2.24, 2.45) is 0 Å². The average molecular weight is 1280 g/mol. The molecule has 1 unspecified atom stereocenters. The van der Waals surface area contributed by atoms with Gasteiger partial charge < -0.3 is 14.6 Å². The molecule has 0 spiro atoms. The van der Waals surface area contributed by atoms with Gasteiger partial charge in [-0.1, -0.05) is 412 Å². The van der Waals surface area contributed by atoms with E-state index >= 15 is 0 Å². The molecule has 0 radical (unpaired) electrons. The smallest absolute Gasteiger partial charge is 0.306 e. The highest BCUT2D eigenvalue weighted by molar-refractivity contribution is 5.70. The number of esters is 2. The van der Waals surface area contributed by atoms with Crippen LogP contribution in [0.4, 0.5) is 0 Å². The van der Waals surface area contributed by atoms with Crippen LogP contribution in [0.2, 0.25) is 0 Å². The Morgan fingerprint density at radius 3 is 0.652 bits per heavy atom. The number of hydrogen-bond acceptors (Lipinski definition) is 5. The summed E-state index contributed by atoms with van der Waals surface area (Å²) in [5, 5.41) is 9.74. The third-order valence-electron chi connectivity index (χ3n) is 18.1. The third-order valence-corrected chi connectivity index (χ3v) is 18.1. The Balaban J connectivity index is 3.38. The molecule has 1 atom stereocenters. The van der Waals surface area contributed by atoms with E-state index in [1.807, 2.05) is 0 Å². The van der Waals surface area contributed by atoms with E-state index in [1.54, 1.807) is 0 Å². The summed E-state index contributed by atoms with van der Waals surface area (Å²) >= 11 is 0. The van der Waals surface area contributed by atoms with Crippen LogP contribution in [-0.2, 0) is 19.1 Å². The van der Waals surface area contributed by atoms with Crippen LogP contribution in [-0.4, -0.2) is 36.4 Å². The van der Waals surface area contributed by atoms with Gasteiger partial charge in [0.25, 0.3) is 0 Å². The minimum atomic E-state index is -0.774. The molecule has 0 aliphatic heterocycles. The fourth-order valence-corrected chi connectivity index (χ4v) is 12.1. The summed E-state index contributed by atoms with van der Waals surface area (Å²) in [5.41, 5.74) is 0. The lowest BCUT2D eigenvalue weighted by Crippen LogP contribution is -2.28. The van der Waals surface area contributed by atoms with E-state index in [-0.39, 0.29) is 25.2 Å². The standard InChI is InChI=1S/C87H154O5/c1-3-5-7-9-11-13-15-17-19-21-23-25-27-29-31-33-35-37-39-41-43-45-47-49-51-53-55-57-59-61-63-65-67-69-71-73-75-77-79-81-86(89)91-84-85(83-88)92-87(90)82-80-78-76-74-72-70-68-66-64-62-60-58-56-54-52-50-48-46-44-42-40-38-36-34-32-30-28-26-24-22-20-18-16-14-12-10-8-6-4-2/h5-8,11-14,17-20,23-26,30,32,85,88H,3-4,9-10,15-16,21-22,27-29,31,33-84H2,1-2H3/b7-5-,8-6-,13-11-,14-12-,19-17-,20-18-,25-23-,26-24-,32-30-. The fraction of sp³-hybridized carbons (Fsp3) is 0.770. The number of rotatable bonds is 75. The Bertz CT molecular complexity index is 1740. The van der Waals surface area contributed by atoms with E-state index in [1.165, 1.54) is 289 Å². The highest BCUT2D eigenvalue weighted by Crippen LogP contribution is 2.20. The van der Waals surface area contributed by atoms with Gasteiger partial charge in [-0.15, -0.1) is 0 Å². The van der Waals surface area contributed by atoms with E-state index in [9.17, 15) is 14.7 Å². The van der Waals surface area contributed by atoms with Gasteiger partial charge in [-0.2, -0.15) is 0 Å². The Morgan fingerprint density at radius 1 is 0.250 bits per heavy atom. The first-order valence-corrected chi connectivity index (χ1v) is 40.4. The molecule has 0 amide bonds. The van der Waals surface area contributed by atoms with Gasteiger partial charge in [0.15, 0.2) is 6.10 Å². The molecule has 0 aliphatic carbocycles. The lowest BCUT2D eigenvalue weighted by molar-refractivity contribution is -0.161. The van der Waals surface area contributed by atoms with Crippen LogP contribution in [0.15, 0.2) is 109 Å². The first kappa shape index (κ1) is 88.6. The van der Waals surface area contributed by atoms with Crippen LogP contribution in [0.3, 0.4) is 0 Å². The van der Waals surface area contributed by atoms with Gasteiger partial charge in [-0.25, -0.2) is 0 Å². The first-order valence-electron chi connectivity index (χ1n) is 40.4. The zero-order valence-corrected chi connectivity index (χ0v) is 61.3. The molecule has 0 fully saturated rings. The quantitative estimate of drug-likeness (QED) is 0.0373. The molecule has 0 saturated heterocycles. The zero-order valence-electron chi connectivity index (χ0n) is 61.3. The van der Waals surface area contributed by atoms with Crippen LogP contribution >= 0.6 is 0 Å². The predicted octanol–water partition coefficient (Wildman–Crippen LogP) is 28.7. The van der Waals surface area contributed by atoms with Gasteiger partial charge in [0, 0.05) is 12.8 Å². The second-order valence-corrected chi connectivity index (χ2v) is 27.1. The van der Waals surface area contributed by atoms with Crippen LogP contribution in [0.25, 0.3) is 0 Å². The highest BCUT2D eigenvalue weighted by atomic mass is 16.6. The number of carbonyl (C=O) groups is 2. The van der Waals surface area contributed by atoms with Crippen LogP contribution in [0.1, 0.15) is 412 Å². The van der Waals surface area contributed by atoms with Gasteiger partial charge in [0.1, 0.15) is 6.61 Å². The molecule has 0 aromatic rings. The van der Waals surface area contributed by atoms with E-state index in [0.29, 0.717) is 12.8 Å². The third kappa shape index (κ3) is 79.0. The SMILES string of the molecule is CC/C=C\C/C=C\C/C=C\C/C=C\C/C=C\CCCCCCCCCCCCCCCCCCCCCCCCCC(=O)OC(CO)COC(=O)CCCCCCCCCCCCCCCCCCCCCCCCCCCC/C=C\C/C=C\C/C=C\C/C=C\CC. The van der Waals surface area contributed by atoms with Crippen LogP contribution < -0.4 is 0 Å². The molecule has 0 rings (SSSR count). The lowest BCUT2D eigenvalue weighted by Gasteiger charge is -2.15. The first-order chi connectivity index (χ1) is 45.6. The number of aliphatic hydroxyl groups excluding tert-OH is 1. The number of allylic oxidation sites excluding steroid dienone is 18. The van der Waals surface area contributed by atoms with Crippen molar-refractivity contribution in [2.75, 3.05) is 13.2 Å². The molecule has 0 aliphatic rings. The van der Waals surface area contributed by atoms with Gasteiger partial charge in [0.05, 0.1) is 6.61 Å². The van der Waals surface area contributed by atoms with Gasteiger partial charge >= 0.3 is 11.9 Å². The predicted molar refractivity (Wildman–Crippen MR) is 408 cm³/mol. The van der Waals surface area contributed by atoms with Gasteiger partial charge in [-0.05, 0) is 96.3 Å². The second kappa shape index (κ2) is 81.8. The molecular weight excluding hydrogens is 1120 g/mol. The number of ether oxygens (including phenoxy) is 2. The molecule has 5 heteroatoms. The topological polar surface area (TPSA) is 72.8 Å². The summed E-state index contributed by atoms with van der Waals surface area (Å²) in [5.74, 6) is -0.568. The number of hydrogen-bond donors (Lipinski definition) is 1. The van der Waals surface area contributed by atoms with Crippen molar-refractivity contribution in [3.63, 3.8) is 0 Å². The van der Waals surface area contributed by atoms with Crippen LogP contribution in [0.5, 0.6) is 0 Å². The van der Waals surface area contributed by atoms with Crippen LogP contribution in [0, 0.1) is 0 Å². The summed E-state index contributed by atoms with van der Waals surface area (Å²) in [4.78, 5) is 24.7. The normalized spacial score (nSPS) is 12.8. The van der Waals surface area contributed by atoms with Crippen molar-refractivity contribution in [1.29, 1.82) is 0 Å². The zero-order chi connectivity index (χ0) is 66.1. The molecule has 0 bridgehead atoms. The number of unbranched alkanes of at least 4 members (excludes halogenated alkanes) is 49. The maximum absolute atomic E-state index is 12.4.